The zero-order valence-corrected chi connectivity index (χ0v) is 16.7. The highest BCUT2D eigenvalue weighted by atomic mass is 79.9. The smallest absolute Gasteiger partial charge is 0.0634 e. The molecule has 1 aromatic rings. The van der Waals surface area contributed by atoms with Gasteiger partial charge in [0, 0.05) is 21.1 Å². The van der Waals surface area contributed by atoms with E-state index in [4.69, 9.17) is 0 Å². The molecule has 1 aromatic carbocycles. The second kappa shape index (κ2) is 5.35. The van der Waals surface area contributed by atoms with Gasteiger partial charge in [-0.25, -0.2) is 0 Å². The molecule has 2 atom stereocenters. The van der Waals surface area contributed by atoms with Crippen molar-refractivity contribution in [2.75, 3.05) is 16.8 Å². The van der Waals surface area contributed by atoms with Crippen molar-refractivity contribution in [1.82, 2.24) is 0 Å². The van der Waals surface area contributed by atoms with Gasteiger partial charge in [0.2, 0.25) is 0 Å². The summed E-state index contributed by atoms with van der Waals surface area (Å²) in [5, 5.41) is 4.09. The third-order valence-corrected chi connectivity index (χ3v) is 10.7. The van der Waals surface area contributed by atoms with Crippen LogP contribution >= 0.6 is 39.5 Å². The lowest BCUT2D eigenvalue weighted by atomic mass is 9.53. The minimum absolute atomic E-state index is 0.323. The Kier molecular flexibility index (Phi) is 3.59. The molecule has 124 valence electrons. The highest BCUT2D eigenvalue weighted by Crippen LogP contribution is 2.67. The number of fused-ring (bicyclic) bond motifs is 1. The van der Waals surface area contributed by atoms with Crippen LogP contribution in [-0.4, -0.2) is 21.1 Å². The van der Waals surface area contributed by atoms with Crippen molar-refractivity contribution in [1.29, 1.82) is 0 Å². The van der Waals surface area contributed by atoms with Gasteiger partial charge in [-0.05, 0) is 73.8 Å². The zero-order chi connectivity index (χ0) is 15.5. The maximum Gasteiger partial charge on any atom is 0.0634 e. The van der Waals surface area contributed by atoms with Crippen molar-refractivity contribution in [2.45, 2.75) is 66.4 Å². The third-order valence-electron chi connectivity index (χ3n) is 6.77. The standard InChI is InChI=1S/C19H24BrNS2/c20-14-4-5-16-15(12-14)17-6-1-2-7-18(17,21-16)13-19(9-8-17)22-10-3-11-23-19/h4-5,12,21H,1-3,6-11,13H2/t17-,18-/m1/s1. The Morgan fingerprint density at radius 2 is 1.78 bits per heavy atom. The molecular formula is C19H24BrNS2. The van der Waals surface area contributed by atoms with Crippen LogP contribution < -0.4 is 5.32 Å². The van der Waals surface area contributed by atoms with Crippen LogP contribution in [0, 0.1) is 0 Å². The minimum Gasteiger partial charge on any atom is -0.378 e. The topological polar surface area (TPSA) is 12.0 Å². The molecular weight excluding hydrogens is 386 g/mol. The predicted molar refractivity (Wildman–Crippen MR) is 107 cm³/mol. The first-order valence-corrected chi connectivity index (χ1v) is 11.8. The molecule has 3 fully saturated rings. The molecule has 1 spiro atoms. The first-order chi connectivity index (χ1) is 11.2. The van der Waals surface area contributed by atoms with E-state index in [1.54, 1.807) is 5.56 Å². The molecule has 2 heterocycles. The molecule has 0 amide bonds. The Labute approximate surface area is 156 Å². The quantitative estimate of drug-likeness (QED) is 0.549. The fraction of sp³-hybridized carbons (Fsp3) is 0.684. The molecule has 1 N–H and O–H groups in total. The maximum atomic E-state index is 4.09. The van der Waals surface area contributed by atoms with Crippen molar-refractivity contribution in [3.8, 4) is 0 Å². The second-order valence-electron chi connectivity index (χ2n) is 7.82. The van der Waals surface area contributed by atoms with E-state index in [0.29, 0.717) is 15.0 Å². The van der Waals surface area contributed by atoms with E-state index < -0.39 is 0 Å². The second-order valence-corrected chi connectivity index (χ2v) is 12.0. The van der Waals surface area contributed by atoms with Crippen LogP contribution in [0.1, 0.15) is 56.9 Å². The van der Waals surface area contributed by atoms with Crippen LogP contribution in [0.5, 0.6) is 0 Å². The van der Waals surface area contributed by atoms with Gasteiger partial charge in [-0.15, -0.1) is 23.5 Å². The van der Waals surface area contributed by atoms with Crippen LogP contribution in [0.25, 0.3) is 0 Å². The molecule has 4 heteroatoms. The fourth-order valence-corrected chi connectivity index (χ4v) is 9.69. The van der Waals surface area contributed by atoms with Crippen LogP contribution in [0.15, 0.2) is 22.7 Å². The molecule has 0 aromatic heterocycles. The lowest BCUT2D eigenvalue weighted by Crippen LogP contribution is -2.61. The van der Waals surface area contributed by atoms with E-state index >= 15 is 0 Å². The Bertz CT molecular complexity index is 642. The third kappa shape index (κ3) is 2.13. The number of anilines is 1. The van der Waals surface area contributed by atoms with Crippen molar-refractivity contribution >= 4 is 45.1 Å². The Morgan fingerprint density at radius 1 is 0.957 bits per heavy atom. The van der Waals surface area contributed by atoms with Gasteiger partial charge >= 0.3 is 0 Å². The van der Waals surface area contributed by atoms with Crippen molar-refractivity contribution in [3.63, 3.8) is 0 Å². The summed E-state index contributed by atoms with van der Waals surface area (Å²) in [5.74, 6) is 2.74. The number of benzene rings is 1. The summed E-state index contributed by atoms with van der Waals surface area (Å²) >= 11 is 8.28. The van der Waals surface area contributed by atoms with Crippen LogP contribution in [0.3, 0.4) is 0 Å². The summed E-state index contributed by atoms with van der Waals surface area (Å²) in [7, 11) is 0. The monoisotopic (exact) mass is 409 g/mol. The van der Waals surface area contributed by atoms with Crippen LogP contribution in [0.4, 0.5) is 5.69 Å². The summed E-state index contributed by atoms with van der Waals surface area (Å²) in [5.41, 5.74) is 3.77. The summed E-state index contributed by atoms with van der Waals surface area (Å²) in [4.78, 5) is 0. The molecule has 2 saturated carbocycles. The molecule has 2 aliphatic heterocycles. The molecule has 5 rings (SSSR count). The zero-order valence-electron chi connectivity index (χ0n) is 13.5. The first-order valence-electron chi connectivity index (χ1n) is 9.03. The average Bonchev–Trinajstić information content (AvgIpc) is 2.85. The number of thioether (sulfide) groups is 2. The highest BCUT2D eigenvalue weighted by Gasteiger charge is 2.64. The van der Waals surface area contributed by atoms with E-state index in [-0.39, 0.29) is 0 Å². The normalized spacial score (nSPS) is 37.6. The van der Waals surface area contributed by atoms with Gasteiger partial charge in [-0.2, -0.15) is 0 Å². The van der Waals surface area contributed by atoms with E-state index in [2.05, 4.69) is 63.0 Å². The van der Waals surface area contributed by atoms with Gasteiger partial charge in [0.15, 0.2) is 0 Å². The average molecular weight is 410 g/mol. The van der Waals surface area contributed by atoms with Crippen molar-refractivity contribution in [2.24, 2.45) is 0 Å². The van der Waals surface area contributed by atoms with E-state index in [9.17, 15) is 0 Å². The minimum atomic E-state index is 0.323. The molecule has 0 bridgehead atoms. The lowest BCUT2D eigenvalue weighted by Gasteiger charge is -2.58. The van der Waals surface area contributed by atoms with E-state index in [1.165, 1.54) is 73.0 Å². The number of hydrogen-bond donors (Lipinski definition) is 1. The number of hydrogen-bond acceptors (Lipinski definition) is 3. The van der Waals surface area contributed by atoms with Gasteiger partial charge < -0.3 is 5.32 Å². The highest BCUT2D eigenvalue weighted by molar-refractivity contribution is 9.10. The summed E-state index contributed by atoms with van der Waals surface area (Å²) in [6.45, 7) is 0. The molecule has 4 aliphatic rings. The van der Waals surface area contributed by atoms with Gasteiger partial charge in [0.1, 0.15) is 0 Å². The fourth-order valence-electron chi connectivity index (χ4n) is 5.80. The van der Waals surface area contributed by atoms with Gasteiger partial charge in [0.05, 0.1) is 4.08 Å². The molecule has 0 unspecified atom stereocenters. The SMILES string of the molecule is Brc1ccc2c(c1)[C@]13CCCC[C@]1(CC1(CC3)SCCCS1)N2. The first kappa shape index (κ1) is 15.5. The number of halogens is 1. The maximum absolute atomic E-state index is 4.09. The molecule has 1 saturated heterocycles. The van der Waals surface area contributed by atoms with Crippen LogP contribution in [-0.2, 0) is 5.41 Å². The Balaban J connectivity index is 1.61. The van der Waals surface area contributed by atoms with Gasteiger partial charge in [0.25, 0.3) is 0 Å². The van der Waals surface area contributed by atoms with Crippen molar-refractivity contribution < 1.29 is 0 Å². The summed E-state index contributed by atoms with van der Waals surface area (Å²) in [6.07, 6.45) is 11.1. The number of nitrogens with one attached hydrogen (secondary N) is 1. The van der Waals surface area contributed by atoms with Gasteiger partial charge in [-0.3, -0.25) is 0 Å². The van der Waals surface area contributed by atoms with E-state index in [1.807, 2.05) is 0 Å². The lowest BCUT2D eigenvalue weighted by molar-refractivity contribution is 0.116. The largest absolute Gasteiger partial charge is 0.378 e. The summed E-state index contributed by atoms with van der Waals surface area (Å²) < 4.78 is 1.74. The number of rotatable bonds is 0. The molecule has 0 radical (unpaired) electrons. The Hall–Kier alpha value is 0.200. The van der Waals surface area contributed by atoms with E-state index in [0.717, 1.165) is 0 Å². The molecule has 2 aliphatic carbocycles. The molecule has 1 nitrogen and oxygen atoms in total. The van der Waals surface area contributed by atoms with Crippen molar-refractivity contribution in [3.05, 3.63) is 28.2 Å². The Morgan fingerprint density at radius 3 is 2.65 bits per heavy atom. The van der Waals surface area contributed by atoms with Crippen LogP contribution in [0.2, 0.25) is 0 Å². The predicted octanol–water partition coefficient (Wildman–Crippen LogP) is 6.18. The molecule has 23 heavy (non-hydrogen) atoms. The summed E-state index contributed by atoms with van der Waals surface area (Å²) in [6, 6.07) is 6.96. The van der Waals surface area contributed by atoms with Gasteiger partial charge in [-0.1, -0.05) is 28.8 Å².